The summed E-state index contributed by atoms with van der Waals surface area (Å²) in [6.45, 7) is 0. The summed E-state index contributed by atoms with van der Waals surface area (Å²) in [5.41, 5.74) is 1.72. The molecule has 9 heteroatoms. The number of aromatic nitrogens is 2. The number of halogens is 1. The Labute approximate surface area is 125 Å². The Morgan fingerprint density at radius 1 is 1.32 bits per heavy atom. The fourth-order valence-electron chi connectivity index (χ4n) is 1.28. The monoisotopic (exact) mass is 390 g/mol. The van der Waals surface area contributed by atoms with E-state index in [2.05, 4.69) is 20.8 Å². The molecule has 2 aromatic rings. The highest BCUT2D eigenvalue weighted by Gasteiger charge is 2.13. The minimum Gasteiger partial charge on any atom is -0.478 e. The zero-order valence-electron chi connectivity index (χ0n) is 9.25. The first-order valence-electron chi connectivity index (χ1n) is 4.93. The molecule has 0 aliphatic rings. The van der Waals surface area contributed by atoms with Crippen molar-refractivity contribution in [3.63, 3.8) is 0 Å². The minimum absolute atomic E-state index is 0.0271. The highest BCUT2D eigenvalue weighted by atomic mass is 127. The Morgan fingerprint density at radius 3 is 2.74 bits per heavy atom. The molecule has 0 radical (unpaired) electrons. The second-order valence-corrected chi connectivity index (χ2v) is 5.40. The van der Waals surface area contributed by atoms with Crippen molar-refractivity contribution in [1.29, 1.82) is 0 Å². The number of carbonyl (C=O) groups excluding carboxylic acids is 1. The second kappa shape index (κ2) is 5.93. The smallest absolute Gasteiger partial charge is 0.337 e. The molecule has 0 saturated carbocycles. The van der Waals surface area contributed by atoms with Crippen LogP contribution in [0.25, 0.3) is 0 Å². The molecule has 1 aromatic heterocycles. The fourth-order valence-corrected chi connectivity index (χ4v) is 2.21. The molecule has 0 saturated heterocycles. The van der Waals surface area contributed by atoms with Crippen LogP contribution in [0.5, 0.6) is 0 Å². The van der Waals surface area contributed by atoms with Gasteiger partial charge < -0.3 is 10.4 Å². The van der Waals surface area contributed by atoms with Crippen molar-refractivity contribution in [1.82, 2.24) is 10.2 Å². The number of carbonyl (C=O) groups is 2. The van der Waals surface area contributed by atoms with Crippen LogP contribution in [0.3, 0.4) is 0 Å². The summed E-state index contributed by atoms with van der Waals surface area (Å²) in [5.74, 6) is -1.11. The van der Waals surface area contributed by atoms with Gasteiger partial charge in [0.25, 0.3) is 0 Å². The standard InChI is InChI=1S/C10H7IN4O3S/c11-5-1-2-7(6(3-5)8(16)17)13-9(18)14-10-15-12-4-19-10/h1-4H,(H,16,17)(H2,13,14,15,18). The Hall–Kier alpha value is -1.75. The maximum Gasteiger partial charge on any atom is 0.337 e. The molecule has 3 N–H and O–H groups in total. The summed E-state index contributed by atoms with van der Waals surface area (Å²) < 4.78 is 0.769. The molecule has 0 aliphatic carbocycles. The zero-order chi connectivity index (χ0) is 13.8. The average molecular weight is 390 g/mol. The van der Waals surface area contributed by atoms with Gasteiger partial charge in [-0.15, -0.1) is 10.2 Å². The number of nitrogens with zero attached hydrogens (tertiary/aromatic N) is 2. The molecule has 0 unspecified atom stereocenters. The topological polar surface area (TPSA) is 104 Å². The van der Waals surface area contributed by atoms with E-state index in [1.54, 1.807) is 6.07 Å². The van der Waals surface area contributed by atoms with Crippen molar-refractivity contribution in [2.75, 3.05) is 10.6 Å². The van der Waals surface area contributed by atoms with Crippen LogP contribution in [0.4, 0.5) is 15.6 Å². The van der Waals surface area contributed by atoms with Gasteiger partial charge in [-0.1, -0.05) is 11.3 Å². The van der Waals surface area contributed by atoms with Crippen LogP contribution in [0, 0.1) is 3.57 Å². The van der Waals surface area contributed by atoms with Gasteiger partial charge >= 0.3 is 12.0 Å². The van der Waals surface area contributed by atoms with Crippen LogP contribution in [-0.2, 0) is 0 Å². The number of rotatable bonds is 3. The summed E-state index contributed by atoms with van der Waals surface area (Å²) in [5, 5.41) is 21.5. The molecule has 2 rings (SSSR count). The third-order valence-electron chi connectivity index (χ3n) is 2.04. The number of anilines is 2. The molecule has 0 spiro atoms. The second-order valence-electron chi connectivity index (χ2n) is 3.32. The van der Waals surface area contributed by atoms with E-state index < -0.39 is 12.0 Å². The van der Waals surface area contributed by atoms with E-state index in [0.717, 1.165) is 14.9 Å². The molecule has 0 bridgehead atoms. The Morgan fingerprint density at radius 2 is 2.11 bits per heavy atom. The summed E-state index contributed by atoms with van der Waals surface area (Å²) >= 11 is 3.16. The first-order valence-corrected chi connectivity index (χ1v) is 6.89. The quantitative estimate of drug-likeness (QED) is 0.699. The largest absolute Gasteiger partial charge is 0.478 e. The van der Waals surface area contributed by atoms with Gasteiger partial charge in [0.2, 0.25) is 5.13 Å². The average Bonchev–Trinajstić information content (AvgIpc) is 2.83. The van der Waals surface area contributed by atoms with Gasteiger partial charge in [0, 0.05) is 3.57 Å². The van der Waals surface area contributed by atoms with E-state index in [0.29, 0.717) is 5.13 Å². The van der Waals surface area contributed by atoms with Crippen LogP contribution in [0.2, 0.25) is 0 Å². The van der Waals surface area contributed by atoms with Crippen LogP contribution < -0.4 is 10.6 Å². The molecule has 0 aliphatic heterocycles. The predicted octanol–water partition coefficient (Wildman–Crippen LogP) is 2.48. The summed E-state index contributed by atoms with van der Waals surface area (Å²) in [6.07, 6.45) is 0. The highest BCUT2D eigenvalue weighted by molar-refractivity contribution is 14.1. The molecule has 19 heavy (non-hydrogen) atoms. The van der Waals surface area contributed by atoms with Crippen molar-refractivity contribution in [3.8, 4) is 0 Å². The predicted molar refractivity (Wildman–Crippen MR) is 78.7 cm³/mol. The van der Waals surface area contributed by atoms with E-state index in [9.17, 15) is 9.59 Å². The van der Waals surface area contributed by atoms with Crippen LogP contribution >= 0.6 is 33.9 Å². The number of hydrogen-bond donors (Lipinski definition) is 3. The molecule has 98 valence electrons. The van der Waals surface area contributed by atoms with E-state index >= 15 is 0 Å². The number of urea groups is 1. The lowest BCUT2D eigenvalue weighted by Crippen LogP contribution is -2.21. The highest BCUT2D eigenvalue weighted by Crippen LogP contribution is 2.19. The minimum atomic E-state index is -1.11. The first kappa shape index (κ1) is 13.7. The fraction of sp³-hybridized carbons (Fsp3) is 0. The summed E-state index contributed by atoms with van der Waals surface area (Å²) in [6, 6.07) is 4.14. The van der Waals surface area contributed by atoms with Crippen molar-refractivity contribution in [3.05, 3.63) is 32.8 Å². The van der Waals surface area contributed by atoms with Gasteiger partial charge in [-0.3, -0.25) is 5.32 Å². The first-order chi connectivity index (χ1) is 9.06. The van der Waals surface area contributed by atoms with Gasteiger partial charge in [0.1, 0.15) is 5.51 Å². The van der Waals surface area contributed by atoms with E-state index in [1.165, 1.54) is 17.6 Å². The Balaban J connectivity index is 2.14. The third kappa shape index (κ3) is 3.61. The van der Waals surface area contributed by atoms with Gasteiger partial charge in [-0.05, 0) is 40.8 Å². The van der Waals surface area contributed by atoms with Crippen LogP contribution in [0.15, 0.2) is 23.7 Å². The maximum absolute atomic E-state index is 11.7. The zero-order valence-corrected chi connectivity index (χ0v) is 12.2. The van der Waals surface area contributed by atoms with E-state index in [1.807, 2.05) is 22.6 Å². The summed E-state index contributed by atoms with van der Waals surface area (Å²) in [7, 11) is 0. The summed E-state index contributed by atoms with van der Waals surface area (Å²) in [4.78, 5) is 22.7. The SMILES string of the molecule is O=C(Nc1nncs1)Nc1ccc(I)cc1C(=O)O. The van der Waals surface area contributed by atoms with Crippen molar-refractivity contribution >= 4 is 56.7 Å². The van der Waals surface area contributed by atoms with Gasteiger partial charge in [0.05, 0.1) is 11.3 Å². The van der Waals surface area contributed by atoms with E-state index in [-0.39, 0.29) is 11.3 Å². The number of aromatic carboxylic acids is 1. The van der Waals surface area contributed by atoms with Crippen molar-refractivity contribution in [2.45, 2.75) is 0 Å². The molecular formula is C10H7IN4O3S. The Kier molecular flexibility index (Phi) is 4.27. The van der Waals surface area contributed by atoms with Crippen molar-refractivity contribution < 1.29 is 14.7 Å². The molecule has 1 aromatic carbocycles. The lowest BCUT2D eigenvalue weighted by molar-refractivity contribution is 0.0698. The molecular weight excluding hydrogens is 383 g/mol. The van der Waals surface area contributed by atoms with Gasteiger partial charge in [-0.25, -0.2) is 9.59 Å². The van der Waals surface area contributed by atoms with Crippen molar-refractivity contribution in [2.24, 2.45) is 0 Å². The van der Waals surface area contributed by atoms with Crippen LogP contribution in [-0.4, -0.2) is 27.3 Å². The number of hydrogen-bond acceptors (Lipinski definition) is 5. The molecule has 2 amide bonds. The molecule has 0 atom stereocenters. The molecule has 0 fully saturated rings. The number of benzene rings is 1. The third-order valence-corrected chi connectivity index (χ3v) is 3.32. The normalized spacial score (nSPS) is 9.95. The lowest BCUT2D eigenvalue weighted by Gasteiger charge is -2.08. The molecule has 7 nitrogen and oxygen atoms in total. The maximum atomic E-state index is 11.7. The number of amides is 2. The van der Waals surface area contributed by atoms with Crippen LogP contribution in [0.1, 0.15) is 10.4 Å². The Bertz CT molecular complexity index is 617. The molecule has 1 heterocycles. The number of nitrogens with one attached hydrogen (secondary N) is 2. The van der Waals surface area contributed by atoms with Gasteiger partial charge in [-0.2, -0.15) is 0 Å². The van der Waals surface area contributed by atoms with E-state index in [4.69, 9.17) is 5.11 Å². The lowest BCUT2D eigenvalue weighted by atomic mass is 10.2. The number of carboxylic acid groups (broad SMARTS) is 1. The van der Waals surface area contributed by atoms with Gasteiger partial charge in [0.15, 0.2) is 0 Å². The number of carboxylic acids is 1.